The number of rotatable bonds is 7. The lowest BCUT2D eigenvalue weighted by Gasteiger charge is -2.30. The zero-order valence-corrected chi connectivity index (χ0v) is 14.2. The summed E-state index contributed by atoms with van der Waals surface area (Å²) < 4.78 is 0. The normalized spacial score (nSPS) is 13.1. The Hall–Kier alpha value is -1.09. The summed E-state index contributed by atoms with van der Waals surface area (Å²) in [6, 6.07) is 2.74. The van der Waals surface area contributed by atoms with Crippen molar-refractivity contribution in [3.8, 4) is 0 Å². The van der Waals surface area contributed by atoms with Gasteiger partial charge in [0, 0.05) is 25.8 Å². The zero-order chi connectivity index (χ0) is 15.3. The molecule has 0 radical (unpaired) electrons. The van der Waals surface area contributed by atoms with E-state index in [-0.39, 0.29) is 0 Å². The van der Waals surface area contributed by atoms with Crippen LogP contribution in [-0.2, 0) is 6.54 Å². The summed E-state index contributed by atoms with van der Waals surface area (Å²) in [5, 5.41) is 3.46. The Labute approximate surface area is 124 Å². The van der Waals surface area contributed by atoms with Gasteiger partial charge in [-0.05, 0) is 49.4 Å². The highest BCUT2D eigenvalue weighted by Gasteiger charge is 2.16. The molecule has 1 aromatic rings. The Balaban J connectivity index is 2.72. The Bertz CT molecular complexity index is 413. The number of anilines is 1. The van der Waals surface area contributed by atoms with Crippen LogP contribution in [0.15, 0.2) is 12.3 Å². The fourth-order valence-corrected chi connectivity index (χ4v) is 2.24. The molecule has 0 saturated heterocycles. The van der Waals surface area contributed by atoms with Gasteiger partial charge in [-0.25, -0.2) is 4.98 Å². The van der Waals surface area contributed by atoms with Crippen molar-refractivity contribution in [2.75, 3.05) is 18.5 Å². The Morgan fingerprint density at radius 2 is 1.85 bits per heavy atom. The van der Waals surface area contributed by atoms with Crippen molar-refractivity contribution in [1.82, 2.24) is 10.3 Å². The van der Waals surface area contributed by atoms with E-state index < -0.39 is 0 Å². The van der Waals surface area contributed by atoms with E-state index in [4.69, 9.17) is 0 Å². The van der Waals surface area contributed by atoms with Crippen molar-refractivity contribution in [1.29, 1.82) is 0 Å². The maximum atomic E-state index is 4.67. The van der Waals surface area contributed by atoms with E-state index in [0.717, 1.165) is 18.9 Å². The second kappa shape index (κ2) is 7.63. The minimum Gasteiger partial charge on any atom is -0.357 e. The van der Waals surface area contributed by atoms with Gasteiger partial charge >= 0.3 is 0 Å². The molecule has 3 nitrogen and oxygen atoms in total. The molecule has 20 heavy (non-hydrogen) atoms. The highest BCUT2D eigenvalue weighted by Crippen LogP contribution is 2.21. The molecule has 0 amide bonds. The third kappa shape index (κ3) is 4.78. The van der Waals surface area contributed by atoms with Crippen LogP contribution in [0.5, 0.6) is 0 Å². The first kappa shape index (κ1) is 17.0. The van der Waals surface area contributed by atoms with Crippen LogP contribution < -0.4 is 10.2 Å². The Kier molecular flexibility index (Phi) is 6.47. The summed E-state index contributed by atoms with van der Waals surface area (Å²) in [4.78, 5) is 6.95. The first-order valence-electron chi connectivity index (χ1n) is 7.72. The van der Waals surface area contributed by atoms with Crippen LogP contribution >= 0.6 is 0 Å². The fourth-order valence-electron chi connectivity index (χ4n) is 2.24. The lowest BCUT2D eigenvalue weighted by molar-refractivity contribution is 0.502. The van der Waals surface area contributed by atoms with Crippen LogP contribution in [0.3, 0.4) is 0 Å². The number of hydrogen-bond donors (Lipinski definition) is 1. The highest BCUT2D eigenvalue weighted by atomic mass is 15.2. The summed E-state index contributed by atoms with van der Waals surface area (Å²) in [5.74, 6) is 2.40. The maximum absolute atomic E-state index is 4.67. The topological polar surface area (TPSA) is 28.2 Å². The van der Waals surface area contributed by atoms with E-state index in [1.807, 2.05) is 6.20 Å². The second-order valence-electron chi connectivity index (χ2n) is 6.60. The van der Waals surface area contributed by atoms with E-state index in [2.05, 4.69) is 69.9 Å². The zero-order valence-electron chi connectivity index (χ0n) is 14.2. The van der Waals surface area contributed by atoms with E-state index in [1.54, 1.807) is 0 Å². The predicted molar refractivity (Wildman–Crippen MR) is 88.2 cm³/mol. The van der Waals surface area contributed by atoms with Crippen molar-refractivity contribution in [2.24, 2.45) is 11.8 Å². The standard InChI is InChI=1S/C17H31N3/c1-12(2)9-18-10-16-8-14(5)17(19-11-16)20(7)15(6)13(3)4/h8,11-13,15,18H,9-10H2,1-7H3. The van der Waals surface area contributed by atoms with Crippen molar-refractivity contribution in [2.45, 2.75) is 54.1 Å². The molecule has 0 saturated carbocycles. The fraction of sp³-hybridized carbons (Fsp3) is 0.706. The number of aromatic nitrogens is 1. The van der Waals surface area contributed by atoms with Crippen molar-refractivity contribution in [3.63, 3.8) is 0 Å². The number of nitrogens with zero attached hydrogens (tertiary/aromatic N) is 2. The van der Waals surface area contributed by atoms with Gasteiger partial charge in [0.05, 0.1) is 0 Å². The first-order valence-corrected chi connectivity index (χ1v) is 7.72. The molecule has 0 aliphatic rings. The summed E-state index contributed by atoms with van der Waals surface area (Å²) >= 11 is 0. The molecule has 1 N–H and O–H groups in total. The smallest absolute Gasteiger partial charge is 0.131 e. The lowest BCUT2D eigenvalue weighted by atomic mass is 10.0. The molecule has 1 atom stereocenters. The number of aryl methyl sites for hydroxylation is 1. The SMILES string of the molecule is Cc1cc(CNCC(C)C)cnc1N(C)C(C)C(C)C. The van der Waals surface area contributed by atoms with Crippen LogP contribution in [-0.4, -0.2) is 24.6 Å². The van der Waals surface area contributed by atoms with Gasteiger partial charge in [-0.3, -0.25) is 0 Å². The van der Waals surface area contributed by atoms with Crippen LogP contribution in [0.4, 0.5) is 5.82 Å². The van der Waals surface area contributed by atoms with Crippen LogP contribution in [0.25, 0.3) is 0 Å². The van der Waals surface area contributed by atoms with Crippen LogP contribution in [0.2, 0.25) is 0 Å². The molecule has 0 aromatic carbocycles. The lowest BCUT2D eigenvalue weighted by Crippen LogP contribution is -2.34. The third-order valence-electron chi connectivity index (χ3n) is 3.90. The average Bonchev–Trinajstić information content (AvgIpc) is 2.36. The minimum atomic E-state index is 0.492. The van der Waals surface area contributed by atoms with E-state index in [9.17, 15) is 0 Å². The summed E-state index contributed by atoms with van der Waals surface area (Å²) in [6.07, 6.45) is 2.00. The van der Waals surface area contributed by atoms with Gasteiger partial charge in [-0.1, -0.05) is 27.7 Å². The highest BCUT2D eigenvalue weighted by molar-refractivity contribution is 5.47. The Morgan fingerprint density at radius 1 is 1.20 bits per heavy atom. The monoisotopic (exact) mass is 277 g/mol. The van der Waals surface area contributed by atoms with Crippen molar-refractivity contribution < 1.29 is 0 Å². The van der Waals surface area contributed by atoms with Gasteiger partial charge in [0.2, 0.25) is 0 Å². The third-order valence-corrected chi connectivity index (χ3v) is 3.90. The molecule has 114 valence electrons. The molecule has 0 aliphatic carbocycles. The number of pyridine rings is 1. The van der Waals surface area contributed by atoms with Gasteiger partial charge in [0.25, 0.3) is 0 Å². The molecule has 0 bridgehead atoms. The first-order chi connectivity index (χ1) is 9.32. The summed E-state index contributed by atoms with van der Waals surface area (Å²) in [7, 11) is 2.14. The molecule has 0 fully saturated rings. The van der Waals surface area contributed by atoms with Gasteiger partial charge in [0.1, 0.15) is 5.82 Å². The predicted octanol–water partition coefficient (Wildman–Crippen LogP) is 3.62. The number of hydrogen-bond acceptors (Lipinski definition) is 3. The van der Waals surface area contributed by atoms with E-state index in [1.165, 1.54) is 11.1 Å². The summed E-state index contributed by atoms with van der Waals surface area (Å²) in [5.41, 5.74) is 2.52. The largest absolute Gasteiger partial charge is 0.357 e. The quantitative estimate of drug-likeness (QED) is 0.825. The van der Waals surface area contributed by atoms with Gasteiger partial charge in [-0.15, -0.1) is 0 Å². The van der Waals surface area contributed by atoms with Gasteiger partial charge in [0.15, 0.2) is 0 Å². The van der Waals surface area contributed by atoms with Gasteiger partial charge < -0.3 is 10.2 Å². The molecule has 1 rings (SSSR count). The van der Waals surface area contributed by atoms with Crippen molar-refractivity contribution >= 4 is 5.82 Å². The minimum absolute atomic E-state index is 0.492. The maximum Gasteiger partial charge on any atom is 0.131 e. The molecule has 1 heterocycles. The molecular weight excluding hydrogens is 246 g/mol. The van der Waals surface area contributed by atoms with E-state index >= 15 is 0 Å². The number of nitrogens with one attached hydrogen (secondary N) is 1. The van der Waals surface area contributed by atoms with Crippen molar-refractivity contribution in [3.05, 3.63) is 23.4 Å². The second-order valence-corrected chi connectivity index (χ2v) is 6.60. The molecule has 0 spiro atoms. The molecule has 0 aliphatic heterocycles. The van der Waals surface area contributed by atoms with Gasteiger partial charge in [-0.2, -0.15) is 0 Å². The molecular formula is C17H31N3. The Morgan fingerprint density at radius 3 is 2.35 bits per heavy atom. The van der Waals surface area contributed by atoms with E-state index in [0.29, 0.717) is 17.9 Å². The summed E-state index contributed by atoms with van der Waals surface area (Å²) in [6.45, 7) is 15.3. The average molecular weight is 277 g/mol. The molecule has 1 unspecified atom stereocenters. The van der Waals surface area contributed by atoms with Crippen LogP contribution in [0.1, 0.15) is 45.7 Å². The molecule has 3 heteroatoms. The van der Waals surface area contributed by atoms with Crippen LogP contribution in [0, 0.1) is 18.8 Å². The molecule has 1 aromatic heterocycles.